The Morgan fingerprint density at radius 1 is 0.853 bits per heavy atom. The third kappa shape index (κ3) is 5.58. The SMILES string of the molecule is CN(C)C(=N)c1ccc(C(=O)Nc2ccccc2C(=O)Nc2ccc(C(F)(F)F)cc2)c(F)c1. The van der Waals surface area contributed by atoms with E-state index in [0.717, 1.165) is 30.3 Å². The van der Waals surface area contributed by atoms with E-state index in [9.17, 15) is 27.2 Å². The second kappa shape index (κ2) is 9.74. The summed E-state index contributed by atoms with van der Waals surface area (Å²) in [6, 6.07) is 13.6. The van der Waals surface area contributed by atoms with Crippen LogP contribution < -0.4 is 10.6 Å². The van der Waals surface area contributed by atoms with Gasteiger partial charge in [0, 0.05) is 25.3 Å². The first-order valence-corrected chi connectivity index (χ1v) is 9.92. The van der Waals surface area contributed by atoms with E-state index in [4.69, 9.17) is 5.41 Å². The monoisotopic (exact) mass is 472 g/mol. The number of amidine groups is 1. The highest BCUT2D eigenvalue weighted by Crippen LogP contribution is 2.30. The number of nitrogens with zero attached hydrogens (tertiary/aromatic N) is 1. The molecule has 3 rings (SSSR count). The van der Waals surface area contributed by atoms with E-state index in [2.05, 4.69) is 10.6 Å². The molecule has 0 heterocycles. The van der Waals surface area contributed by atoms with Crippen molar-refractivity contribution in [2.24, 2.45) is 0 Å². The molecule has 0 unspecified atom stereocenters. The van der Waals surface area contributed by atoms with Crippen molar-refractivity contribution in [1.29, 1.82) is 5.41 Å². The van der Waals surface area contributed by atoms with Gasteiger partial charge < -0.3 is 15.5 Å². The van der Waals surface area contributed by atoms with E-state index in [1.165, 1.54) is 29.2 Å². The first kappa shape index (κ1) is 24.4. The molecule has 3 aromatic rings. The van der Waals surface area contributed by atoms with Gasteiger partial charge in [-0.1, -0.05) is 18.2 Å². The number of halogens is 4. The Labute approximate surface area is 192 Å². The molecule has 0 fully saturated rings. The number of hydrogen-bond acceptors (Lipinski definition) is 3. The number of hydrogen-bond donors (Lipinski definition) is 3. The van der Waals surface area contributed by atoms with Crippen LogP contribution in [0, 0.1) is 11.2 Å². The molecule has 176 valence electrons. The summed E-state index contributed by atoms with van der Waals surface area (Å²) >= 11 is 0. The summed E-state index contributed by atoms with van der Waals surface area (Å²) < 4.78 is 52.7. The number of para-hydroxylation sites is 1. The summed E-state index contributed by atoms with van der Waals surface area (Å²) in [5.41, 5.74) is -0.608. The van der Waals surface area contributed by atoms with E-state index >= 15 is 0 Å². The number of anilines is 2. The van der Waals surface area contributed by atoms with Crippen LogP contribution in [-0.2, 0) is 6.18 Å². The quantitative estimate of drug-likeness (QED) is 0.270. The molecule has 34 heavy (non-hydrogen) atoms. The predicted octanol–water partition coefficient (Wildman–Crippen LogP) is 5.24. The predicted molar refractivity (Wildman–Crippen MR) is 121 cm³/mol. The average Bonchev–Trinajstić information content (AvgIpc) is 2.78. The lowest BCUT2D eigenvalue weighted by Gasteiger charge is -2.15. The second-order valence-corrected chi connectivity index (χ2v) is 7.47. The fourth-order valence-electron chi connectivity index (χ4n) is 3.03. The number of carbonyl (C=O) groups excluding carboxylic acids is 2. The number of carbonyl (C=O) groups is 2. The zero-order valence-corrected chi connectivity index (χ0v) is 18.1. The van der Waals surface area contributed by atoms with Crippen molar-refractivity contribution in [3.8, 4) is 0 Å². The van der Waals surface area contributed by atoms with Gasteiger partial charge in [-0.2, -0.15) is 13.2 Å². The molecule has 10 heteroatoms. The molecule has 0 aliphatic rings. The minimum Gasteiger partial charge on any atom is -0.363 e. The van der Waals surface area contributed by atoms with Crippen LogP contribution in [0.5, 0.6) is 0 Å². The smallest absolute Gasteiger partial charge is 0.363 e. The van der Waals surface area contributed by atoms with Crippen LogP contribution in [0.1, 0.15) is 31.8 Å². The number of rotatable bonds is 5. The number of nitrogens with one attached hydrogen (secondary N) is 3. The Morgan fingerprint density at radius 3 is 2.06 bits per heavy atom. The Balaban J connectivity index is 1.78. The molecule has 3 aromatic carbocycles. The fraction of sp³-hybridized carbons (Fsp3) is 0.125. The summed E-state index contributed by atoms with van der Waals surface area (Å²) in [6.07, 6.45) is -4.50. The van der Waals surface area contributed by atoms with Crippen LogP contribution in [0.3, 0.4) is 0 Å². The molecule has 2 amide bonds. The largest absolute Gasteiger partial charge is 0.416 e. The molecule has 0 saturated heterocycles. The van der Waals surface area contributed by atoms with Crippen molar-refractivity contribution >= 4 is 29.0 Å². The van der Waals surface area contributed by atoms with E-state index in [-0.39, 0.29) is 33.9 Å². The van der Waals surface area contributed by atoms with Crippen LogP contribution in [0.15, 0.2) is 66.7 Å². The van der Waals surface area contributed by atoms with Gasteiger partial charge in [0.05, 0.1) is 22.4 Å². The lowest BCUT2D eigenvalue weighted by atomic mass is 10.1. The molecule has 3 N–H and O–H groups in total. The van der Waals surface area contributed by atoms with Gasteiger partial charge in [0.1, 0.15) is 11.7 Å². The maximum atomic E-state index is 14.6. The summed E-state index contributed by atoms with van der Waals surface area (Å²) in [4.78, 5) is 26.8. The van der Waals surface area contributed by atoms with Crippen LogP contribution in [0.4, 0.5) is 28.9 Å². The lowest BCUT2D eigenvalue weighted by Crippen LogP contribution is -2.23. The Bertz CT molecular complexity index is 1240. The van der Waals surface area contributed by atoms with E-state index in [0.29, 0.717) is 0 Å². The molecule has 0 radical (unpaired) electrons. The Kier molecular flexibility index (Phi) is 7.00. The maximum absolute atomic E-state index is 14.6. The molecule has 0 aromatic heterocycles. The third-order valence-corrected chi connectivity index (χ3v) is 4.82. The van der Waals surface area contributed by atoms with Crippen molar-refractivity contribution in [2.75, 3.05) is 24.7 Å². The molecule has 0 atom stereocenters. The molecule has 0 bridgehead atoms. The number of benzene rings is 3. The molecule has 0 aliphatic heterocycles. The molecule has 0 spiro atoms. The summed E-state index contributed by atoms with van der Waals surface area (Å²) in [5, 5.41) is 12.9. The van der Waals surface area contributed by atoms with Gasteiger partial charge in [-0.15, -0.1) is 0 Å². The van der Waals surface area contributed by atoms with Gasteiger partial charge in [0.25, 0.3) is 11.8 Å². The number of amides is 2. The minimum absolute atomic E-state index is 0.0298. The molecule has 6 nitrogen and oxygen atoms in total. The van der Waals surface area contributed by atoms with Gasteiger partial charge in [0.2, 0.25) is 0 Å². The molecule has 0 aliphatic carbocycles. The van der Waals surface area contributed by atoms with Crippen LogP contribution in [-0.4, -0.2) is 36.6 Å². The summed E-state index contributed by atoms with van der Waals surface area (Å²) in [6.45, 7) is 0. The van der Waals surface area contributed by atoms with E-state index < -0.39 is 29.4 Å². The van der Waals surface area contributed by atoms with Crippen molar-refractivity contribution in [2.45, 2.75) is 6.18 Å². The topological polar surface area (TPSA) is 85.3 Å². The first-order chi connectivity index (χ1) is 16.0. The normalized spacial score (nSPS) is 11.0. The Morgan fingerprint density at radius 2 is 1.47 bits per heavy atom. The van der Waals surface area contributed by atoms with Crippen LogP contribution in [0.25, 0.3) is 0 Å². The van der Waals surface area contributed by atoms with Gasteiger partial charge in [0.15, 0.2) is 0 Å². The fourth-order valence-corrected chi connectivity index (χ4v) is 3.03. The highest BCUT2D eigenvalue weighted by atomic mass is 19.4. The van der Waals surface area contributed by atoms with Crippen LogP contribution >= 0.6 is 0 Å². The first-order valence-electron chi connectivity index (χ1n) is 9.92. The molecular weight excluding hydrogens is 452 g/mol. The van der Waals surface area contributed by atoms with Crippen molar-refractivity contribution < 1.29 is 27.2 Å². The van der Waals surface area contributed by atoms with Gasteiger partial charge in [-0.3, -0.25) is 15.0 Å². The summed E-state index contributed by atoms with van der Waals surface area (Å²) in [5.74, 6) is -2.26. The van der Waals surface area contributed by atoms with Crippen molar-refractivity contribution in [1.82, 2.24) is 4.90 Å². The second-order valence-electron chi connectivity index (χ2n) is 7.47. The Hall–Kier alpha value is -4.21. The summed E-state index contributed by atoms with van der Waals surface area (Å²) in [7, 11) is 3.26. The maximum Gasteiger partial charge on any atom is 0.416 e. The molecular formula is C24H20F4N4O2. The van der Waals surface area contributed by atoms with Gasteiger partial charge in [-0.05, 0) is 48.5 Å². The van der Waals surface area contributed by atoms with Crippen molar-refractivity contribution in [3.05, 3.63) is 94.8 Å². The van der Waals surface area contributed by atoms with Crippen molar-refractivity contribution in [3.63, 3.8) is 0 Å². The van der Waals surface area contributed by atoms with Gasteiger partial charge in [-0.25, -0.2) is 4.39 Å². The average molecular weight is 472 g/mol. The zero-order chi connectivity index (χ0) is 25.0. The molecule has 0 saturated carbocycles. The highest BCUT2D eigenvalue weighted by molar-refractivity contribution is 6.12. The highest BCUT2D eigenvalue weighted by Gasteiger charge is 2.30. The lowest BCUT2D eigenvalue weighted by molar-refractivity contribution is -0.137. The third-order valence-electron chi connectivity index (χ3n) is 4.82. The van der Waals surface area contributed by atoms with Gasteiger partial charge >= 0.3 is 6.18 Å². The van der Waals surface area contributed by atoms with E-state index in [1.807, 2.05) is 0 Å². The number of alkyl halides is 3. The minimum atomic E-state index is -4.50. The zero-order valence-electron chi connectivity index (χ0n) is 18.1. The van der Waals surface area contributed by atoms with E-state index in [1.54, 1.807) is 26.2 Å². The van der Waals surface area contributed by atoms with Crippen LogP contribution in [0.2, 0.25) is 0 Å². The standard InChI is InChI=1S/C24H20F4N4O2/c1-32(2)21(29)14-7-12-17(19(25)13-14)22(33)31-20-6-4-3-5-18(20)23(34)30-16-10-8-15(9-11-16)24(26,27)28/h3-13,29H,1-2H3,(H,30,34)(H,31,33).